The van der Waals surface area contributed by atoms with Gasteiger partial charge in [0.05, 0.1) is 11.8 Å². The maximum Gasteiger partial charge on any atom is 0.342 e. The molecule has 0 bridgehead atoms. The van der Waals surface area contributed by atoms with Crippen LogP contribution in [0.3, 0.4) is 0 Å². The molecule has 1 heterocycles. The molecule has 1 aliphatic carbocycles. The third-order valence-corrected chi connectivity index (χ3v) is 2.89. The standard InChI is InChI=1S/C8H10F2N4O2/c9-8(10)2-7(3-8,4-11)5-1-6(13-12-5)14(15)16/h1H,2-4,11H2,(H,12,13). The molecule has 0 aromatic carbocycles. The van der Waals surface area contributed by atoms with E-state index in [1.807, 2.05) is 0 Å². The highest BCUT2D eigenvalue weighted by atomic mass is 19.3. The molecule has 0 saturated heterocycles. The van der Waals surface area contributed by atoms with Crippen molar-refractivity contribution in [3.05, 3.63) is 21.9 Å². The number of nitro groups is 1. The van der Waals surface area contributed by atoms with E-state index < -0.39 is 29.1 Å². The van der Waals surface area contributed by atoms with Gasteiger partial charge in [-0.25, -0.2) is 8.78 Å². The van der Waals surface area contributed by atoms with Gasteiger partial charge < -0.3 is 15.8 Å². The molecule has 0 atom stereocenters. The van der Waals surface area contributed by atoms with Crippen LogP contribution in [0.4, 0.5) is 14.6 Å². The van der Waals surface area contributed by atoms with Gasteiger partial charge in [-0.1, -0.05) is 5.10 Å². The molecule has 1 aromatic heterocycles. The Morgan fingerprint density at radius 2 is 2.25 bits per heavy atom. The Balaban J connectivity index is 2.25. The van der Waals surface area contributed by atoms with E-state index in [-0.39, 0.29) is 18.1 Å². The molecule has 0 aliphatic heterocycles. The summed E-state index contributed by atoms with van der Waals surface area (Å²) in [5, 5.41) is 16.3. The van der Waals surface area contributed by atoms with Gasteiger partial charge in [-0.05, 0) is 4.92 Å². The van der Waals surface area contributed by atoms with Crippen LogP contribution in [0.25, 0.3) is 0 Å². The van der Waals surface area contributed by atoms with Crippen molar-refractivity contribution in [1.29, 1.82) is 0 Å². The van der Waals surface area contributed by atoms with Gasteiger partial charge >= 0.3 is 5.82 Å². The van der Waals surface area contributed by atoms with Crippen LogP contribution < -0.4 is 5.73 Å². The number of rotatable bonds is 3. The monoisotopic (exact) mass is 232 g/mol. The summed E-state index contributed by atoms with van der Waals surface area (Å²) in [4.78, 5) is 9.76. The summed E-state index contributed by atoms with van der Waals surface area (Å²) in [5.41, 5.74) is 4.77. The van der Waals surface area contributed by atoms with Crippen molar-refractivity contribution in [3.63, 3.8) is 0 Å². The topological polar surface area (TPSA) is 97.8 Å². The SMILES string of the molecule is NCC1(c2cc([N+](=O)[O-])[nH]n2)CC(F)(F)C1. The Labute approximate surface area is 89.0 Å². The molecule has 3 N–H and O–H groups in total. The Morgan fingerprint density at radius 1 is 1.62 bits per heavy atom. The molecule has 1 saturated carbocycles. The van der Waals surface area contributed by atoms with Gasteiger partial charge in [-0.15, -0.1) is 5.10 Å². The van der Waals surface area contributed by atoms with Gasteiger partial charge in [-0.2, -0.15) is 0 Å². The summed E-state index contributed by atoms with van der Waals surface area (Å²) in [6.07, 6.45) is -0.809. The molecule has 1 fully saturated rings. The predicted octanol–water partition coefficient (Wildman–Crippen LogP) is 0.944. The lowest BCUT2D eigenvalue weighted by Crippen LogP contribution is -2.53. The number of alkyl halides is 2. The quantitative estimate of drug-likeness (QED) is 0.598. The van der Waals surface area contributed by atoms with E-state index in [0.717, 1.165) is 0 Å². The lowest BCUT2D eigenvalue weighted by molar-refractivity contribution is -0.389. The average molecular weight is 232 g/mol. The smallest absolute Gasteiger partial charge is 0.342 e. The summed E-state index contributed by atoms with van der Waals surface area (Å²) in [5.74, 6) is -3.05. The van der Waals surface area contributed by atoms with Crippen LogP contribution in [-0.2, 0) is 5.41 Å². The molecule has 6 nitrogen and oxygen atoms in total. The van der Waals surface area contributed by atoms with E-state index in [1.54, 1.807) is 0 Å². The molecule has 0 spiro atoms. The fraction of sp³-hybridized carbons (Fsp3) is 0.625. The molecule has 0 radical (unpaired) electrons. The number of nitrogens with one attached hydrogen (secondary N) is 1. The Morgan fingerprint density at radius 3 is 2.62 bits per heavy atom. The van der Waals surface area contributed by atoms with E-state index in [2.05, 4.69) is 10.2 Å². The zero-order valence-electron chi connectivity index (χ0n) is 8.24. The van der Waals surface area contributed by atoms with E-state index in [4.69, 9.17) is 5.73 Å². The Hall–Kier alpha value is -1.57. The molecule has 1 aromatic rings. The third-order valence-electron chi connectivity index (χ3n) is 2.89. The molecule has 88 valence electrons. The van der Waals surface area contributed by atoms with Gasteiger partial charge in [0.25, 0.3) is 0 Å². The van der Waals surface area contributed by atoms with Crippen LogP contribution in [0.2, 0.25) is 0 Å². The van der Waals surface area contributed by atoms with E-state index in [9.17, 15) is 18.9 Å². The molecule has 2 rings (SSSR count). The molecule has 1 aliphatic rings. The van der Waals surface area contributed by atoms with E-state index in [1.165, 1.54) is 6.07 Å². The molecular weight excluding hydrogens is 222 g/mol. The van der Waals surface area contributed by atoms with Crippen molar-refractivity contribution in [1.82, 2.24) is 10.2 Å². The second-order valence-corrected chi connectivity index (χ2v) is 4.09. The number of halogens is 2. The molecule has 0 amide bonds. The first kappa shape index (κ1) is 10.9. The highest BCUT2D eigenvalue weighted by molar-refractivity contribution is 5.31. The number of nitrogens with zero attached hydrogens (tertiary/aromatic N) is 2. The van der Waals surface area contributed by atoms with E-state index in [0.29, 0.717) is 0 Å². The minimum Gasteiger partial charge on any atom is -0.358 e. The van der Waals surface area contributed by atoms with Crippen LogP contribution in [-0.4, -0.2) is 27.6 Å². The zero-order valence-corrected chi connectivity index (χ0v) is 8.24. The van der Waals surface area contributed by atoms with Crippen LogP contribution in [0.1, 0.15) is 18.5 Å². The van der Waals surface area contributed by atoms with Crippen LogP contribution in [0, 0.1) is 10.1 Å². The average Bonchev–Trinajstić information content (AvgIpc) is 2.62. The third kappa shape index (κ3) is 1.54. The molecule has 0 unspecified atom stereocenters. The number of H-pyrrole nitrogens is 1. The maximum atomic E-state index is 12.8. The van der Waals surface area contributed by atoms with Crippen molar-refractivity contribution in [2.45, 2.75) is 24.2 Å². The van der Waals surface area contributed by atoms with Gasteiger partial charge in [0.2, 0.25) is 5.92 Å². The van der Waals surface area contributed by atoms with Gasteiger partial charge in [0.1, 0.15) is 0 Å². The number of nitrogens with two attached hydrogens (primary N) is 1. The van der Waals surface area contributed by atoms with E-state index >= 15 is 0 Å². The first-order chi connectivity index (χ1) is 7.38. The first-order valence-corrected chi connectivity index (χ1v) is 4.67. The highest BCUT2D eigenvalue weighted by Gasteiger charge is 2.58. The second kappa shape index (κ2) is 3.21. The van der Waals surface area contributed by atoms with Crippen LogP contribution in [0.5, 0.6) is 0 Å². The van der Waals surface area contributed by atoms with Crippen molar-refractivity contribution >= 4 is 5.82 Å². The Kier molecular flexibility index (Phi) is 2.19. The summed E-state index contributed by atoms with van der Waals surface area (Å²) in [6, 6.07) is 1.17. The van der Waals surface area contributed by atoms with Gasteiger partial charge in [-0.3, -0.25) is 0 Å². The summed E-state index contributed by atoms with van der Waals surface area (Å²) >= 11 is 0. The summed E-state index contributed by atoms with van der Waals surface area (Å²) in [6.45, 7) is 0.00456. The normalized spacial score (nSPS) is 21.4. The lowest BCUT2D eigenvalue weighted by atomic mass is 9.64. The van der Waals surface area contributed by atoms with Crippen molar-refractivity contribution in [2.24, 2.45) is 5.73 Å². The largest absolute Gasteiger partial charge is 0.358 e. The minimum absolute atomic E-state index is 0.00456. The Bertz CT molecular complexity index is 423. The molecular formula is C8H10F2N4O2. The number of aromatic nitrogens is 2. The first-order valence-electron chi connectivity index (χ1n) is 4.67. The molecule has 8 heteroatoms. The van der Waals surface area contributed by atoms with Crippen LogP contribution >= 0.6 is 0 Å². The minimum atomic E-state index is -2.74. The second-order valence-electron chi connectivity index (χ2n) is 4.09. The van der Waals surface area contributed by atoms with Crippen molar-refractivity contribution in [2.75, 3.05) is 6.54 Å². The predicted molar refractivity (Wildman–Crippen MR) is 50.2 cm³/mol. The van der Waals surface area contributed by atoms with Crippen molar-refractivity contribution in [3.8, 4) is 0 Å². The van der Waals surface area contributed by atoms with Crippen LogP contribution in [0.15, 0.2) is 6.07 Å². The molecule has 16 heavy (non-hydrogen) atoms. The van der Waals surface area contributed by atoms with Gasteiger partial charge in [0, 0.05) is 24.8 Å². The summed E-state index contributed by atoms with van der Waals surface area (Å²) in [7, 11) is 0. The summed E-state index contributed by atoms with van der Waals surface area (Å²) < 4.78 is 25.7. The maximum absolute atomic E-state index is 12.8. The van der Waals surface area contributed by atoms with Gasteiger partial charge in [0.15, 0.2) is 0 Å². The fourth-order valence-electron chi connectivity index (χ4n) is 2.05. The number of hydrogen-bond acceptors (Lipinski definition) is 4. The van der Waals surface area contributed by atoms with Crippen molar-refractivity contribution < 1.29 is 13.7 Å². The highest BCUT2D eigenvalue weighted by Crippen LogP contribution is 2.52. The lowest BCUT2D eigenvalue weighted by Gasteiger charge is -2.45. The fourth-order valence-corrected chi connectivity index (χ4v) is 2.05. The number of hydrogen-bond donors (Lipinski definition) is 2. The number of aromatic amines is 1. The zero-order chi connectivity index (χ0) is 12.0.